The Bertz CT molecular complexity index is 700. The Morgan fingerprint density at radius 2 is 2.00 bits per heavy atom. The summed E-state index contributed by atoms with van der Waals surface area (Å²) in [5, 5.41) is 3.69. The molecule has 2 amide bonds. The zero-order chi connectivity index (χ0) is 14.0. The van der Waals surface area contributed by atoms with E-state index in [9.17, 15) is 14.4 Å². The average molecular weight is 260 g/mol. The fraction of sp³-hybridized carbons (Fsp3) is 0.357. The van der Waals surface area contributed by atoms with E-state index in [4.69, 9.17) is 0 Å². The second-order valence-corrected chi connectivity index (χ2v) is 4.44. The highest BCUT2D eigenvalue weighted by Crippen LogP contribution is 2.15. The Hall–Kier alpha value is -2.17. The normalized spacial score (nSPS) is 21.7. The Balaban J connectivity index is 2.57. The summed E-state index contributed by atoms with van der Waals surface area (Å²) in [6.07, 6.45) is 5.83. The number of hydrogen-bond acceptors (Lipinski definition) is 3. The number of nitrogens with one attached hydrogen (secondary N) is 1. The Kier molecular flexibility index (Phi) is 3.64. The first-order valence-electron chi connectivity index (χ1n) is 6.26. The van der Waals surface area contributed by atoms with E-state index in [2.05, 4.69) is 5.32 Å². The summed E-state index contributed by atoms with van der Waals surface area (Å²) >= 11 is 0. The van der Waals surface area contributed by atoms with Gasteiger partial charge in [-0.2, -0.15) is 0 Å². The lowest BCUT2D eigenvalue weighted by Gasteiger charge is -2.22. The van der Waals surface area contributed by atoms with Crippen molar-refractivity contribution in [2.75, 3.05) is 0 Å². The third-order valence-electron chi connectivity index (χ3n) is 3.34. The first-order valence-corrected chi connectivity index (χ1v) is 6.26. The molecule has 0 radical (unpaired) electrons. The zero-order valence-electron chi connectivity index (χ0n) is 11.0. The molecule has 2 rings (SSSR count). The lowest BCUT2D eigenvalue weighted by molar-refractivity contribution is -0.135. The van der Waals surface area contributed by atoms with Crippen LogP contribution in [0, 0.1) is 0 Å². The largest absolute Gasteiger partial charge is 0.302 e. The number of piperidine rings is 1. The van der Waals surface area contributed by atoms with Crippen LogP contribution in [0.5, 0.6) is 0 Å². The first kappa shape index (κ1) is 13.3. The molecular formula is C14H16N2O3. The molecule has 0 bridgehead atoms. The number of carbonyl (C=O) groups is 2. The number of amides is 2. The van der Waals surface area contributed by atoms with Gasteiger partial charge in [0.2, 0.25) is 11.8 Å². The van der Waals surface area contributed by atoms with Crippen molar-refractivity contribution < 1.29 is 9.59 Å². The molecule has 0 aromatic carbocycles. The van der Waals surface area contributed by atoms with E-state index in [0.717, 1.165) is 5.22 Å². The van der Waals surface area contributed by atoms with E-state index < -0.39 is 11.9 Å². The third-order valence-corrected chi connectivity index (χ3v) is 3.34. The summed E-state index contributed by atoms with van der Waals surface area (Å²) in [5.74, 6) is -0.691. The molecule has 1 fully saturated rings. The molecule has 5 nitrogen and oxygen atoms in total. The lowest BCUT2D eigenvalue weighted by Crippen LogP contribution is -2.50. The first-order chi connectivity index (χ1) is 9.08. The molecule has 1 saturated heterocycles. The van der Waals surface area contributed by atoms with Crippen LogP contribution in [0.3, 0.4) is 0 Å². The average Bonchev–Trinajstić information content (AvgIpc) is 2.39. The number of rotatable bonds is 1. The molecule has 1 aromatic rings. The molecule has 1 aromatic heterocycles. The van der Waals surface area contributed by atoms with Gasteiger partial charge in [0.1, 0.15) is 6.04 Å². The summed E-state index contributed by atoms with van der Waals surface area (Å²) in [7, 11) is 0. The molecule has 0 saturated carbocycles. The molecule has 1 aliphatic rings. The van der Waals surface area contributed by atoms with E-state index in [1.165, 1.54) is 4.57 Å². The summed E-state index contributed by atoms with van der Waals surface area (Å²) < 4.78 is 1.41. The van der Waals surface area contributed by atoms with Gasteiger partial charge in [-0.1, -0.05) is 12.2 Å². The topological polar surface area (TPSA) is 68.2 Å². The number of imide groups is 1. The van der Waals surface area contributed by atoms with Crippen molar-refractivity contribution in [2.45, 2.75) is 32.7 Å². The van der Waals surface area contributed by atoms with Crippen molar-refractivity contribution in [2.24, 2.45) is 0 Å². The van der Waals surface area contributed by atoms with Crippen molar-refractivity contribution in [3.05, 3.63) is 33.1 Å². The zero-order valence-corrected chi connectivity index (χ0v) is 11.0. The monoisotopic (exact) mass is 260 g/mol. The highest BCUT2D eigenvalue weighted by molar-refractivity contribution is 5.99. The van der Waals surface area contributed by atoms with Crippen LogP contribution in [0.1, 0.15) is 32.7 Å². The smallest absolute Gasteiger partial charge is 0.258 e. The number of carbonyl (C=O) groups excluding carboxylic acids is 2. The Morgan fingerprint density at radius 3 is 2.58 bits per heavy atom. The highest BCUT2D eigenvalue weighted by atomic mass is 16.2. The molecule has 0 aliphatic carbocycles. The van der Waals surface area contributed by atoms with Gasteiger partial charge in [-0.05, 0) is 31.6 Å². The number of hydrogen-bond donors (Lipinski definition) is 1. The summed E-state index contributed by atoms with van der Waals surface area (Å²) in [4.78, 5) is 35.3. The number of pyridine rings is 1. The minimum Gasteiger partial charge on any atom is -0.302 e. The Morgan fingerprint density at radius 1 is 1.26 bits per heavy atom. The SMILES string of the molecule is C/C=c1/ccn(C2CCC(=O)NC2=O)c(=O)/c1=C/C. The molecule has 2 heterocycles. The third kappa shape index (κ3) is 2.36. The molecule has 5 heteroatoms. The van der Waals surface area contributed by atoms with E-state index in [0.29, 0.717) is 11.6 Å². The summed E-state index contributed by atoms with van der Waals surface area (Å²) in [6.45, 7) is 3.65. The van der Waals surface area contributed by atoms with Gasteiger partial charge in [-0.15, -0.1) is 0 Å². The number of aromatic nitrogens is 1. The van der Waals surface area contributed by atoms with Crippen LogP contribution in [0.4, 0.5) is 0 Å². The van der Waals surface area contributed by atoms with Gasteiger partial charge in [0.05, 0.1) is 0 Å². The summed E-state index contributed by atoms with van der Waals surface area (Å²) in [6, 6.07) is 1.20. The maximum atomic E-state index is 12.4. The van der Waals surface area contributed by atoms with Gasteiger partial charge in [-0.25, -0.2) is 0 Å². The molecule has 1 aliphatic heterocycles. The van der Waals surface area contributed by atoms with E-state index >= 15 is 0 Å². The van der Waals surface area contributed by atoms with Gasteiger partial charge >= 0.3 is 0 Å². The second kappa shape index (κ2) is 5.22. The lowest BCUT2D eigenvalue weighted by atomic mass is 10.1. The van der Waals surface area contributed by atoms with Crippen molar-refractivity contribution >= 4 is 24.0 Å². The van der Waals surface area contributed by atoms with Gasteiger partial charge in [-0.3, -0.25) is 19.7 Å². The summed E-state index contributed by atoms with van der Waals surface area (Å²) in [5.41, 5.74) is -0.201. The predicted molar refractivity (Wildman–Crippen MR) is 71.7 cm³/mol. The molecule has 0 spiro atoms. The van der Waals surface area contributed by atoms with Crippen LogP contribution in [0.2, 0.25) is 0 Å². The fourth-order valence-electron chi connectivity index (χ4n) is 2.32. The van der Waals surface area contributed by atoms with Crippen LogP contribution in [-0.4, -0.2) is 16.4 Å². The van der Waals surface area contributed by atoms with Gasteiger partial charge < -0.3 is 4.57 Å². The standard InChI is InChI=1S/C14H16N2O3/c1-3-9-7-8-16(14(19)10(9)4-2)11-5-6-12(17)15-13(11)18/h3-4,7-8,11H,5-6H2,1-2H3,(H,15,17,18)/b9-3-,10-4+. The molecule has 100 valence electrons. The van der Waals surface area contributed by atoms with E-state index in [1.807, 2.05) is 13.0 Å². The van der Waals surface area contributed by atoms with Crippen LogP contribution in [0.15, 0.2) is 17.1 Å². The van der Waals surface area contributed by atoms with Crippen LogP contribution in [0.25, 0.3) is 12.2 Å². The minimum absolute atomic E-state index is 0.201. The second-order valence-electron chi connectivity index (χ2n) is 4.44. The Labute approximate surface area is 110 Å². The molecule has 1 N–H and O–H groups in total. The van der Waals surface area contributed by atoms with Crippen LogP contribution >= 0.6 is 0 Å². The van der Waals surface area contributed by atoms with Crippen molar-refractivity contribution in [3.8, 4) is 0 Å². The molecule has 19 heavy (non-hydrogen) atoms. The fourth-order valence-corrected chi connectivity index (χ4v) is 2.32. The van der Waals surface area contributed by atoms with Crippen molar-refractivity contribution in [3.63, 3.8) is 0 Å². The van der Waals surface area contributed by atoms with E-state index in [1.54, 1.807) is 25.3 Å². The van der Waals surface area contributed by atoms with Gasteiger partial charge in [0.15, 0.2) is 0 Å². The molecule has 1 unspecified atom stereocenters. The van der Waals surface area contributed by atoms with Gasteiger partial charge in [0.25, 0.3) is 5.56 Å². The van der Waals surface area contributed by atoms with E-state index in [-0.39, 0.29) is 17.9 Å². The predicted octanol–water partition coefficient (Wildman–Crippen LogP) is -0.573. The van der Waals surface area contributed by atoms with Crippen molar-refractivity contribution in [1.82, 2.24) is 9.88 Å². The minimum atomic E-state index is -0.602. The number of nitrogens with zero attached hydrogens (tertiary/aromatic N) is 1. The van der Waals surface area contributed by atoms with Gasteiger partial charge in [0, 0.05) is 17.8 Å². The highest BCUT2D eigenvalue weighted by Gasteiger charge is 2.28. The maximum absolute atomic E-state index is 12.4. The van der Waals surface area contributed by atoms with Crippen molar-refractivity contribution in [1.29, 1.82) is 0 Å². The molecule has 1 atom stereocenters. The maximum Gasteiger partial charge on any atom is 0.258 e. The van der Waals surface area contributed by atoms with Crippen LogP contribution < -0.4 is 21.3 Å². The van der Waals surface area contributed by atoms with Crippen LogP contribution in [-0.2, 0) is 9.59 Å². The quantitative estimate of drug-likeness (QED) is 0.687. The molecular weight excluding hydrogens is 244 g/mol.